The summed E-state index contributed by atoms with van der Waals surface area (Å²) >= 11 is 11.9. The van der Waals surface area contributed by atoms with Gasteiger partial charge in [0.05, 0.1) is 17.7 Å². The van der Waals surface area contributed by atoms with Crippen LogP contribution in [0.25, 0.3) is 0 Å². The molecule has 8 nitrogen and oxygen atoms in total. The first-order valence-corrected chi connectivity index (χ1v) is 13.3. The number of halogens is 2. The molecular weight excluding hydrogens is 523 g/mol. The molecule has 0 atom stereocenters. The maximum Gasteiger partial charge on any atom is 0.260 e. The summed E-state index contributed by atoms with van der Waals surface area (Å²) in [6, 6.07) is 18.2. The SMILES string of the molecule is C/C(=N/NC(=O)CN(c1ccc(Cl)cc1C)S(C)(=O)=O)c1cccc(NC(=O)c2cccc(Cl)c2)c1. The fraction of sp³-hybridized carbons (Fsp3) is 0.160. The first kappa shape index (κ1) is 27.2. The van der Waals surface area contributed by atoms with Crippen molar-refractivity contribution in [2.45, 2.75) is 13.8 Å². The van der Waals surface area contributed by atoms with Crippen molar-refractivity contribution in [1.82, 2.24) is 5.43 Å². The zero-order chi connectivity index (χ0) is 26.5. The lowest BCUT2D eigenvalue weighted by atomic mass is 10.1. The number of carbonyl (C=O) groups excluding carboxylic acids is 2. The van der Waals surface area contributed by atoms with Gasteiger partial charge in [-0.3, -0.25) is 13.9 Å². The first-order valence-electron chi connectivity index (χ1n) is 10.7. The van der Waals surface area contributed by atoms with E-state index >= 15 is 0 Å². The molecule has 2 N–H and O–H groups in total. The van der Waals surface area contributed by atoms with Gasteiger partial charge in [-0.05, 0) is 73.5 Å². The molecule has 0 spiro atoms. The number of hydrogen-bond acceptors (Lipinski definition) is 5. The highest BCUT2D eigenvalue weighted by atomic mass is 35.5. The van der Waals surface area contributed by atoms with Crippen molar-refractivity contribution in [2.24, 2.45) is 5.10 Å². The number of amides is 2. The molecule has 3 aromatic carbocycles. The second kappa shape index (κ2) is 11.6. The van der Waals surface area contributed by atoms with Gasteiger partial charge in [-0.2, -0.15) is 5.10 Å². The zero-order valence-electron chi connectivity index (χ0n) is 19.7. The van der Waals surface area contributed by atoms with Crippen LogP contribution in [0.3, 0.4) is 0 Å². The van der Waals surface area contributed by atoms with E-state index in [0.29, 0.717) is 43.8 Å². The number of carbonyl (C=O) groups is 2. The minimum atomic E-state index is -3.75. The Hall–Kier alpha value is -3.40. The van der Waals surface area contributed by atoms with E-state index in [1.165, 1.54) is 0 Å². The van der Waals surface area contributed by atoms with Crippen molar-refractivity contribution in [1.29, 1.82) is 0 Å². The van der Waals surface area contributed by atoms with E-state index < -0.39 is 22.5 Å². The molecule has 2 amide bonds. The molecule has 0 aliphatic heterocycles. The van der Waals surface area contributed by atoms with E-state index in [0.717, 1.165) is 10.6 Å². The first-order chi connectivity index (χ1) is 16.9. The maximum atomic E-state index is 12.6. The molecule has 3 aromatic rings. The summed E-state index contributed by atoms with van der Waals surface area (Å²) in [5.74, 6) is -0.949. The van der Waals surface area contributed by atoms with E-state index in [2.05, 4.69) is 15.8 Å². The number of hydrazone groups is 1. The average molecular weight is 547 g/mol. The Morgan fingerprint density at radius 3 is 2.28 bits per heavy atom. The number of benzene rings is 3. The standard InChI is InChI=1S/C25H24Cl2N4O4S/c1-16-12-21(27)10-11-23(16)31(36(3,34)35)15-24(32)30-29-17(2)18-6-5-9-22(14-18)28-25(33)19-7-4-8-20(26)13-19/h4-14H,15H2,1-3H3,(H,28,33)(H,30,32)/b29-17-. The molecule has 11 heteroatoms. The summed E-state index contributed by atoms with van der Waals surface area (Å²) in [7, 11) is -3.75. The van der Waals surface area contributed by atoms with Gasteiger partial charge in [0.25, 0.3) is 11.8 Å². The van der Waals surface area contributed by atoms with Gasteiger partial charge in [0.2, 0.25) is 10.0 Å². The van der Waals surface area contributed by atoms with Crippen LogP contribution in [0.2, 0.25) is 10.0 Å². The van der Waals surface area contributed by atoms with Crippen molar-refractivity contribution in [2.75, 3.05) is 22.4 Å². The smallest absolute Gasteiger partial charge is 0.260 e. The Morgan fingerprint density at radius 2 is 1.61 bits per heavy atom. The predicted molar refractivity (Wildman–Crippen MR) is 145 cm³/mol. The fourth-order valence-corrected chi connectivity index (χ4v) is 4.64. The van der Waals surface area contributed by atoms with Gasteiger partial charge in [-0.15, -0.1) is 0 Å². The molecule has 36 heavy (non-hydrogen) atoms. The third-order valence-corrected chi connectivity index (χ3v) is 6.69. The Balaban J connectivity index is 1.71. The number of anilines is 2. The van der Waals surface area contributed by atoms with Crippen LogP contribution in [0.5, 0.6) is 0 Å². The third kappa shape index (κ3) is 7.30. The Bertz CT molecular complexity index is 1440. The maximum absolute atomic E-state index is 12.6. The predicted octanol–water partition coefficient (Wildman–Crippen LogP) is 4.86. The quantitative estimate of drug-likeness (QED) is 0.310. The second-order valence-electron chi connectivity index (χ2n) is 7.98. The average Bonchev–Trinajstić information content (AvgIpc) is 2.81. The highest BCUT2D eigenvalue weighted by Crippen LogP contribution is 2.25. The zero-order valence-corrected chi connectivity index (χ0v) is 22.1. The molecule has 3 rings (SSSR count). The van der Waals surface area contributed by atoms with Gasteiger partial charge in [-0.1, -0.05) is 41.4 Å². The summed E-state index contributed by atoms with van der Waals surface area (Å²) in [5.41, 5.74) is 5.39. The van der Waals surface area contributed by atoms with Gasteiger partial charge < -0.3 is 5.32 Å². The van der Waals surface area contributed by atoms with Crippen LogP contribution in [-0.4, -0.2) is 38.7 Å². The number of nitrogens with zero attached hydrogens (tertiary/aromatic N) is 2. The lowest BCUT2D eigenvalue weighted by Gasteiger charge is -2.23. The minimum Gasteiger partial charge on any atom is -0.322 e. The van der Waals surface area contributed by atoms with Crippen molar-refractivity contribution < 1.29 is 18.0 Å². The molecule has 0 saturated carbocycles. The molecule has 0 fully saturated rings. The lowest BCUT2D eigenvalue weighted by molar-refractivity contribution is -0.119. The van der Waals surface area contributed by atoms with Gasteiger partial charge in [0, 0.05) is 21.3 Å². The van der Waals surface area contributed by atoms with Crippen LogP contribution in [0.15, 0.2) is 71.8 Å². The third-order valence-electron chi connectivity index (χ3n) is 5.09. The molecule has 0 bridgehead atoms. The Labute approximate surface area is 220 Å². The van der Waals surface area contributed by atoms with Crippen LogP contribution >= 0.6 is 23.2 Å². The molecule has 0 radical (unpaired) electrons. The van der Waals surface area contributed by atoms with Crippen molar-refractivity contribution in [3.8, 4) is 0 Å². The Morgan fingerprint density at radius 1 is 0.944 bits per heavy atom. The van der Waals surface area contributed by atoms with E-state index in [9.17, 15) is 18.0 Å². The number of aryl methyl sites for hydroxylation is 1. The van der Waals surface area contributed by atoms with Gasteiger partial charge >= 0.3 is 0 Å². The molecular formula is C25H24Cl2N4O4S. The summed E-state index contributed by atoms with van der Waals surface area (Å²) < 4.78 is 25.7. The summed E-state index contributed by atoms with van der Waals surface area (Å²) in [6.45, 7) is 2.92. The molecule has 188 valence electrons. The van der Waals surface area contributed by atoms with Crippen molar-refractivity contribution >= 4 is 62.1 Å². The van der Waals surface area contributed by atoms with E-state index in [1.807, 2.05) is 0 Å². The highest BCUT2D eigenvalue weighted by molar-refractivity contribution is 7.92. The van der Waals surface area contributed by atoms with Gasteiger partial charge in [-0.25, -0.2) is 13.8 Å². The topological polar surface area (TPSA) is 108 Å². The summed E-state index contributed by atoms with van der Waals surface area (Å²) in [5, 5.41) is 7.80. The molecule has 0 unspecified atom stereocenters. The van der Waals surface area contributed by atoms with Crippen LogP contribution in [-0.2, 0) is 14.8 Å². The lowest BCUT2D eigenvalue weighted by Crippen LogP contribution is -2.39. The molecule has 0 aliphatic carbocycles. The van der Waals surface area contributed by atoms with E-state index in [1.54, 1.807) is 80.6 Å². The van der Waals surface area contributed by atoms with Gasteiger partial charge in [0.15, 0.2) is 0 Å². The number of nitrogens with one attached hydrogen (secondary N) is 2. The van der Waals surface area contributed by atoms with Gasteiger partial charge in [0.1, 0.15) is 6.54 Å². The summed E-state index contributed by atoms with van der Waals surface area (Å²) in [4.78, 5) is 25.1. The number of rotatable bonds is 8. The molecule has 0 aliphatic rings. The number of hydrogen-bond donors (Lipinski definition) is 2. The van der Waals surface area contributed by atoms with Crippen molar-refractivity contribution in [3.63, 3.8) is 0 Å². The van der Waals surface area contributed by atoms with E-state index in [4.69, 9.17) is 23.2 Å². The van der Waals surface area contributed by atoms with Crippen LogP contribution < -0.4 is 15.0 Å². The normalized spacial score (nSPS) is 11.6. The monoisotopic (exact) mass is 546 g/mol. The highest BCUT2D eigenvalue weighted by Gasteiger charge is 2.22. The van der Waals surface area contributed by atoms with Crippen LogP contribution in [0, 0.1) is 6.92 Å². The number of sulfonamides is 1. The fourth-order valence-electron chi connectivity index (χ4n) is 3.31. The van der Waals surface area contributed by atoms with E-state index in [-0.39, 0.29) is 5.91 Å². The van der Waals surface area contributed by atoms with Crippen LogP contribution in [0.4, 0.5) is 11.4 Å². The summed E-state index contributed by atoms with van der Waals surface area (Å²) in [6.07, 6.45) is 1.02. The molecule has 0 saturated heterocycles. The second-order valence-corrected chi connectivity index (χ2v) is 10.8. The molecule has 0 heterocycles. The molecule has 0 aromatic heterocycles. The Kier molecular flexibility index (Phi) is 8.73. The minimum absolute atomic E-state index is 0.323. The van der Waals surface area contributed by atoms with Crippen molar-refractivity contribution in [3.05, 3.63) is 93.5 Å². The largest absolute Gasteiger partial charge is 0.322 e. The van der Waals surface area contributed by atoms with Crippen LogP contribution in [0.1, 0.15) is 28.4 Å².